The number of halogens is 1. The maximum atomic E-state index is 14.6. The lowest BCUT2D eigenvalue weighted by Gasteiger charge is -2.34. The molecule has 7 heteroatoms. The van der Waals surface area contributed by atoms with Crippen LogP contribution in [0.25, 0.3) is 0 Å². The van der Waals surface area contributed by atoms with E-state index in [1.807, 2.05) is 29.5 Å². The molecule has 2 N–H and O–H groups in total. The molecule has 5 nitrogen and oxygen atoms in total. The Labute approximate surface area is 144 Å². The molecule has 0 bridgehead atoms. The van der Waals surface area contributed by atoms with Crippen molar-refractivity contribution in [2.24, 2.45) is 10.7 Å². The van der Waals surface area contributed by atoms with Crippen LogP contribution in [0.5, 0.6) is 0 Å². The summed E-state index contributed by atoms with van der Waals surface area (Å²) in [5.41, 5.74) is 6.37. The first-order valence-electron chi connectivity index (χ1n) is 7.69. The van der Waals surface area contributed by atoms with E-state index in [2.05, 4.69) is 9.89 Å². The molecule has 0 radical (unpaired) electrons. The summed E-state index contributed by atoms with van der Waals surface area (Å²) in [5, 5.41) is 1.92. The lowest BCUT2D eigenvalue weighted by Crippen LogP contribution is -2.44. The number of nitrogens with two attached hydrogens (primary N) is 1. The summed E-state index contributed by atoms with van der Waals surface area (Å²) in [6, 6.07) is 6.60. The van der Waals surface area contributed by atoms with Crippen molar-refractivity contribution in [1.82, 2.24) is 4.90 Å². The number of benzene rings is 1. The Hall–Kier alpha value is -2.25. The minimum Gasteiger partial charge on any atom is -0.367 e. The molecular formula is C17H19FN4OS. The first-order chi connectivity index (χ1) is 11.5. The van der Waals surface area contributed by atoms with Crippen LogP contribution >= 0.6 is 11.3 Å². The summed E-state index contributed by atoms with van der Waals surface area (Å²) in [6.07, 6.45) is 1.61. The normalized spacial score (nSPS) is 16.0. The Balaban J connectivity index is 1.93. The van der Waals surface area contributed by atoms with Crippen LogP contribution < -0.4 is 10.6 Å². The third kappa shape index (κ3) is 3.63. The average Bonchev–Trinajstić information content (AvgIpc) is 3.07. The summed E-state index contributed by atoms with van der Waals surface area (Å²) >= 11 is 1.51. The number of piperazine rings is 1. The molecule has 1 aliphatic heterocycles. The van der Waals surface area contributed by atoms with E-state index in [4.69, 9.17) is 5.73 Å². The van der Waals surface area contributed by atoms with Gasteiger partial charge in [0, 0.05) is 43.3 Å². The van der Waals surface area contributed by atoms with Crippen LogP contribution in [0.4, 0.5) is 15.8 Å². The van der Waals surface area contributed by atoms with Crippen LogP contribution in [0, 0.1) is 5.82 Å². The van der Waals surface area contributed by atoms with Gasteiger partial charge in [-0.15, -0.1) is 11.3 Å². The zero-order valence-electron chi connectivity index (χ0n) is 13.4. The molecule has 1 amide bonds. The van der Waals surface area contributed by atoms with Gasteiger partial charge in [0.05, 0.1) is 16.9 Å². The fourth-order valence-electron chi connectivity index (χ4n) is 2.64. The number of likely N-dealkylation sites (N-methyl/N-ethyl adjacent to an activating group) is 1. The highest BCUT2D eigenvalue weighted by Gasteiger charge is 2.20. The van der Waals surface area contributed by atoms with E-state index < -0.39 is 5.91 Å². The zero-order valence-corrected chi connectivity index (χ0v) is 14.2. The molecule has 24 heavy (non-hydrogen) atoms. The van der Waals surface area contributed by atoms with Gasteiger partial charge in [-0.25, -0.2) is 4.39 Å². The molecule has 3 rings (SSSR count). The highest BCUT2D eigenvalue weighted by Crippen LogP contribution is 2.29. The number of primary amides is 1. The monoisotopic (exact) mass is 346 g/mol. The van der Waals surface area contributed by atoms with Crippen molar-refractivity contribution in [2.45, 2.75) is 0 Å². The van der Waals surface area contributed by atoms with Crippen LogP contribution in [-0.4, -0.2) is 50.2 Å². The lowest BCUT2D eigenvalue weighted by atomic mass is 10.1. The van der Waals surface area contributed by atoms with E-state index >= 15 is 0 Å². The van der Waals surface area contributed by atoms with Crippen molar-refractivity contribution in [3.63, 3.8) is 0 Å². The first kappa shape index (κ1) is 16.6. The second-order valence-electron chi connectivity index (χ2n) is 5.75. The number of anilines is 1. The van der Waals surface area contributed by atoms with Gasteiger partial charge in [-0.3, -0.25) is 9.79 Å². The maximum Gasteiger partial charge on any atom is 0.250 e. The fraction of sp³-hybridized carbons (Fsp3) is 0.294. The van der Waals surface area contributed by atoms with E-state index in [0.29, 0.717) is 18.8 Å². The van der Waals surface area contributed by atoms with Gasteiger partial charge in [0.1, 0.15) is 5.82 Å². The van der Waals surface area contributed by atoms with Crippen molar-refractivity contribution >= 4 is 34.8 Å². The first-order valence-corrected chi connectivity index (χ1v) is 8.57. The van der Waals surface area contributed by atoms with Gasteiger partial charge in [0.15, 0.2) is 0 Å². The summed E-state index contributed by atoms with van der Waals surface area (Å²) < 4.78 is 14.6. The number of carbonyl (C=O) groups excluding carboxylic acids is 1. The molecule has 0 saturated carbocycles. The molecule has 0 spiro atoms. The molecular weight excluding hydrogens is 327 g/mol. The highest BCUT2D eigenvalue weighted by molar-refractivity contribution is 7.11. The molecule has 1 aromatic carbocycles. The number of rotatable bonds is 4. The van der Waals surface area contributed by atoms with E-state index in [-0.39, 0.29) is 17.1 Å². The van der Waals surface area contributed by atoms with Crippen molar-refractivity contribution < 1.29 is 9.18 Å². The van der Waals surface area contributed by atoms with Gasteiger partial charge in [-0.1, -0.05) is 6.07 Å². The number of amides is 1. The molecule has 126 valence electrons. The predicted molar refractivity (Wildman–Crippen MR) is 96.2 cm³/mol. The Kier molecular flexibility index (Phi) is 4.92. The quantitative estimate of drug-likeness (QED) is 0.865. The highest BCUT2D eigenvalue weighted by atomic mass is 32.1. The van der Waals surface area contributed by atoms with Crippen molar-refractivity contribution in [1.29, 1.82) is 0 Å². The molecule has 0 aliphatic carbocycles. The standard InChI is InChI=1S/C17H19FN4OS/c1-21-4-6-22(7-5-21)16-9-13(17(19)23)15(10-14(16)18)20-11-12-3-2-8-24-12/h2-3,8-11H,4-7H2,1H3,(H2,19,23). The van der Waals surface area contributed by atoms with Gasteiger partial charge in [0.25, 0.3) is 5.91 Å². The smallest absolute Gasteiger partial charge is 0.250 e. The number of hydrogen-bond donors (Lipinski definition) is 1. The van der Waals surface area contributed by atoms with Crippen LogP contribution in [0.3, 0.4) is 0 Å². The van der Waals surface area contributed by atoms with Crippen LogP contribution in [0.1, 0.15) is 15.2 Å². The summed E-state index contributed by atoms with van der Waals surface area (Å²) in [6.45, 7) is 3.13. The fourth-order valence-corrected chi connectivity index (χ4v) is 3.23. The minimum atomic E-state index is -0.608. The third-order valence-electron chi connectivity index (χ3n) is 4.05. The number of thiophene rings is 1. The zero-order chi connectivity index (χ0) is 17.1. The number of hydrogen-bond acceptors (Lipinski definition) is 5. The van der Waals surface area contributed by atoms with Gasteiger partial charge in [-0.2, -0.15) is 0 Å². The number of carbonyl (C=O) groups is 1. The van der Waals surface area contributed by atoms with Gasteiger partial charge in [-0.05, 0) is 24.6 Å². The molecule has 2 aromatic rings. The summed E-state index contributed by atoms with van der Waals surface area (Å²) in [5.74, 6) is -0.994. The Bertz CT molecular complexity index is 752. The number of aliphatic imine (C=N–C) groups is 1. The molecule has 0 unspecified atom stereocenters. The maximum absolute atomic E-state index is 14.6. The molecule has 0 atom stereocenters. The Morgan fingerprint density at radius 3 is 2.71 bits per heavy atom. The predicted octanol–water partition coefficient (Wildman–Crippen LogP) is 2.49. The Morgan fingerprint density at radius 2 is 2.08 bits per heavy atom. The molecule has 2 heterocycles. The van der Waals surface area contributed by atoms with Crippen molar-refractivity contribution in [3.8, 4) is 0 Å². The van der Waals surface area contributed by atoms with Crippen LogP contribution in [0.15, 0.2) is 34.6 Å². The van der Waals surface area contributed by atoms with Gasteiger partial charge in [0.2, 0.25) is 0 Å². The molecule has 1 aliphatic rings. The van der Waals surface area contributed by atoms with Crippen LogP contribution in [-0.2, 0) is 0 Å². The van der Waals surface area contributed by atoms with E-state index in [1.54, 1.807) is 6.21 Å². The molecule has 1 fully saturated rings. The summed E-state index contributed by atoms with van der Waals surface area (Å²) in [7, 11) is 2.03. The van der Waals surface area contributed by atoms with Gasteiger partial charge >= 0.3 is 0 Å². The molecule has 1 saturated heterocycles. The minimum absolute atomic E-state index is 0.234. The SMILES string of the molecule is CN1CCN(c2cc(C(N)=O)c(N=Cc3cccs3)cc2F)CC1. The van der Waals surface area contributed by atoms with E-state index in [9.17, 15) is 9.18 Å². The second kappa shape index (κ2) is 7.11. The Morgan fingerprint density at radius 1 is 1.33 bits per heavy atom. The average molecular weight is 346 g/mol. The van der Waals surface area contributed by atoms with Gasteiger partial charge < -0.3 is 15.5 Å². The van der Waals surface area contributed by atoms with Crippen molar-refractivity contribution in [3.05, 3.63) is 45.9 Å². The molecule has 1 aromatic heterocycles. The van der Waals surface area contributed by atoms with E-state index in [0.717, 1.165) is 18.0 Å². The lowest BCUT2D eigenvalue weighted by molar-refractivity contribution is 0.100. The van der Waals surface area contributed by atoms with Crippen molar-refractivity contribution in [2.75, 3.05) is 38.1 Å². The van der Waals surface area contributed by atoms with Crippen LogP contribution in [0.2, 0.25) is 0 Å². The summed E-state index contributed by atoms with van der Waals surface area (Å²) in [4.78, 5) is 21.1. The van der Waals surface area contributed by atoms with E-state index in [1.165, 1.54) is 23.5 Å². The third-order valence-corrected chi connectivity index (χ3v) is 4.86. The number of nitrogens with zero attached hydrogens (tertiary/aromatic N) is 3. The second-order valence-corrected chi connectivity index (χ2v) is 6.73. The largest absolute Gasteiger partial charge is 0.367 e. The topological polar surface area (TPSA) is 61.9 Å².